The molecule has 9 nitrogen and oxygen atoms in total. The first kappa shape index (κ1) is 22.6. The van der Waals surface area contributed by atoms with Gasteiger partial charge in [-0.2, -0.15) is 5.26 Å². The molecule has 0 saturated carbocycles. The van der Waals surface area contributed by atoms with E-state index in [0.29, 0.717) is 5.56 Å². The van der Waals surface area contributed by atoms with Gasteiger partial charge in [0.25, 0.3) is 5.56 Å². The zero-order valence-corrected chi connectivity index (χ0v) is 17.6. The van der Waals surface area contributed by atoms with Crippen molar-refractivity contribution >= 4 is 17.1 Å². The summed E-state index contributed by atoms with van der Waals surface area (Å²) in [6.45, 7) is 4.76. The van der Waals surface area contributed by atoms with E-state index < -0.39 is 28.8 Å². The summed E-state index contributed by atoms with van der Waals surface area (Å²) in [7, 11) is 0. The van der Waals surface area contributed by atoms with E-state index in [9.17, 15) is 23.6 Å². The Balaban J connectivity index is 2.46. The van der Waals surface area contributed by atoms with E-state index in [4.69, 9.17) is 11.6 Å². The highest BCUT2D eigenvalue weighted by atomic mass is 19.2. The molecule has 0 saturated heterocycles. The highest BCUT2D eigenvalue weighted by molar-refractivity contribution is 5.75. The van der Waals surface area contributed by atoms with Gasteiger partial charge in [-0.05, 0) is 24.5 Å². The van der Waals surface area contributed by atoms with Crippen molar-refractivity contribution in [3.05, 3.63) is 74.3 Å². The largest absolute Gasteiger partial charge is 0.397 e. The summed E-state index contributed by atoms with van der Waals surface area (Å²) >= 11 is 0. The topological polar surface area (TPSA) is 136 Å². The first-order valence-corrected chi connectivity index (χ1v) is 9.56. The highest BCUT2D eigenvalue weighted by Crippen LogP contribution is 2.32. The highest BCUT2D eigenvalue weighted by Gasteiger charge is 2.27. The molecule has 0 aliphatic heterocycles. The number of aryl methyl sites for hydroxylation is 1. The lowest BCUT2D eigenvalue weighted by atomic mass is 10.1. The van der Waals surface area contributed by atoms with Crippen LogP contribution in [0.2, 0.25) is 0 Å². The summed E-state index contributed by atoms with van der Waals surface area (Å²) < 4.78 is 29.5. The van der Waals surface area contributed by atoms with Gasteiger partial charge in [0, 0.05) is 18.3 Å². The molecule has 0 aliphatic carbocycles. The van der Waals surface area contributed by atoms with Crippen molar-refractivity contribution in [2.24, 2.45) is 5.84 Å². The Morgan fingerprint density at radius 2 is 1.84 bits per heavy atom. The maximum absolute atomic E-state index is 13.9. The summed E-state index contributed by atoms with van der Waals surface area (Å²) in [6, 6.07) is 4.97. The van der Waals surface area contributed by atoms with E-state index in [1.54, 1.807) is 33.0 Å². The number of halogens is 2. The van der Waals surface area contributed by atoms with Crippen LogP contribution in [0.1, 0.15) is 31.0 Å². The first-order chi connectivity index (χ1) is 15.1. The number of nitrogen functional groups attached to an aromatic ring is 1. The van der Waals surface area contributed by atoms with E-state index in [-0.39, 0.29) is 35.0 Å². The second-order valence-corrected chi connectivity index (χ2v) is 7.47. The maximum atomic E-state index is 13.9. The third-order valence-electron chi connectivity index (χ3n) is 4.83. The molecule has 0 fully saturated rings. The number of benzene rings is 1. The Bertz CT molecular complexity index is 1360. The van der Waals surface area contributed by atoms with Gasteiger partial charge in [-0.1, -0.05) is 13.8 Å². The number of hydrazine groups is 1. The quantitative estimate of drug-likeness (QED) is 0.352. The fraction of sp³-hybridized carbons (Fsp3) is 0.238. The number of hydrogen-bond acceptors (Lipinski definition) is 7. The van der Waals surface area contributed by atoms with E-state index in [1.165, 1.54) is 6.20 Å². The van der Waals surface area contributed by atoms with Gasteiger partial charge in [-0.3, -0.25) is 19.4 Å². The molecule has 2 aromatic heterocycles. The van der Waals surface area contributed by atoms with Gasteiger partial charge in [0.15, 0.2) is 11.6 Å². The molecule has 32 heavy (non-hydrogen) atoms. The SMILES string of the molecule is Cc1cncc(-n2c(=O)c(N(N)c3cc(F)c(F)cc3N)c(C(C)C)n(CC#N)c2=O)c1. The molecule has 3 aromatic rings. The van der Waals surface area contributed by atoms with Crippen molar-refractivity contribution in [1.82, 2.24) is 14.1 Å². The Labute approximate surface area is 181 Å². The summed E-state index contributed by atoms with van der Waals surface area (Å²) in [4.78, 5) is 30.8. The average Bonchev–Trinajstić information content (AvgIpc) is 2.72. The standard InChI is InChI=1S/C21H21F2N7O2/c1-11(2)18-19(30(26)17-8-15(23)14(22)7-16(17)25)20(31)29(21(32)28(18)5-4-24)13-6-12(3)9-27-10-13/h6-11H,5,25-26H2,1-3H3. The number of pyridine rings is 1. The molecule has 0 unspecified atom stereocenters. The second-order valence-electron chi connectivity index (χ2n) is 7.47. The minimum Gasteiger partial charge on any atom is -0.397 e. The molecule has 0 radical (unpaired) electrons. The molecule has 11 heteroatoms. The van der Waals surface area contributed by atoms with Crippen molar-refractivity contribution < 1.29 is 8.78 Å². The van der Waals surface area contributed by atoms with Gasteiger partial charge in [0.1, 0.15) is 12.2 Å². The van der Waals surface area contributed by atoms with E-state index in [0.717, 1.165) is 26.3 Å². The maximum Gasteiger partial charge on any atom is 0.336 e. The zero-order chi connectivity index (χ0) is 23.7. The molecule has 0 amide bonds. The molecule has 2 heterocycles. The zero-order valence-electron chi connectivity index (χ0n) is 17.6. The van der Waals surface area contributed by atoms with Gasteiger partial charge >= 0.3 is 5.69 Å². The number of nitrogens with two attached hydrogens (primary N) is 2. The van der Waals surface area contributed by atoms with Crippen LogP contribution in [0.3, 0.4) is 0 Å². The van der Waals surface area contributed by atoms with Crippen LogP contribution < -0.4 is 27.8 Å². The van der Waals surface area contributed by atoms with Gasteiger partial charge < -0.3 is 5.73 Å². The lowest BCUT2D eigenvalue weighted by Gasteiger charge is -2.27. The van der Waals surface area contributed by atoms with Gasteiger partial charge in [0.2, 0.25) is 0 Å². The number of nitriles is 1. The van der Waals surface area contributed by atoms with Gasteiger partial charge in [-0.25, -0.2) is 24.0 Å². The third kappa shape index (κ3) is 3.83. The Morgan fingerprint density at radius 1 is 1.19 bits per heavy atom. The summed E-state index contributed by atoms with van der Waals surface area (Å²) in [5.74, 6) is 3.36. The third-order valence-corrected chi connectivity index (χ3v) is 4.83. The average molecular weight is 441 g/mol. The molecule has 0 spiro atoms. The van der Waals surface area contributed by atoms with E-state index in [2.05, 4.69) is 4.98 Å². The van der Waals surface area contributed by atoms with Crippen LogP contribution in [0.25, 0.3) is 5.69 Å². The number of hydrogen-bond donors (Lipinski definition) is 2. The molecular formula is C21H21F2N7O2. The van der Waals surface area contributed by atoms with Crippen molar-refractivity contribution in [3.8, 4) is 11.8 Å². The fourth-order valence-corrected chi connectivity index (χ4v) is 3.46. The van der Waals surface area contributed by atoms with Crippen molar-refractivity contribution in [3.63, 3.8) is 0 Å². The smallest absolute Gasteiger partial charge is 0.336 e. The molecule has 1 aromatic carbocycles. The van der Waals surface area contributed by atoms with Crippen LogP contribution in [0.15, 0.2) is 40.2 Å². The summed E-state index contributed by atoms with van der Waals surface area (Å²) in [5.41, 5.74) is 4.62. The normalized spacial score (nSPS) is 10.9. The number of rotatable bonds is 5. The molecule has 0 bridgehead atoms. The lowest BCUT2D eigenvalue weighted by Crippen LogP contribution is -2.45. The van der Waals surface area contributed by atoms with Crippen LogP contribution >= 0.6 is 0 Å². The molecule has 3 rings (SSSR count). The van der Waals surface area contributed by atoms with E-state index >= 15 is 0 Å². The first-order valence-electron chi connectivity index (χ1n) is 9.56. The molecule has 166 valence electrons. The Hall–Kier alpha value is -4.04. The molecule has 4 N–H and O–H groups in total. The number of aromatic nitrogens is 3. The van der Waals surface area contributed by atoms with Gasteiger partial charge in [0.05, 0.1) is 35.0 Å². The van der Waals surface area contributed by atoms with Crippen LogP contribution in [0.5, 0.6) is 0 Å². The summed E-state index contributed by atoms with van der Waals surface area (Å²) in [5, 5.41) is 10.1. The van der Waals surface area contributed by atoms with Gasteiger partial charge in [-0.15, -0.1) is 0 Å². The Kier molecular flexibility index (Phi) is 6.09. The van der Waals surface area contributed by atoms with Crippen LogP contribution in [0.4, 0.5) is 25.8 Å². The van der Waals surface area contributed by atoms with E-state index in [1.807, 2.05) is 6.07 Å². The lowest BCUT2D eigenvalue weighted by molar-refractivity contribution is 0.509. The fourth-order valence-electron chi connectivity index (χ4n) is 3.46. The minimum atomic E-state index is -1.22. The Morgan fingerprint density at radius 3 is 2.44 bits per heavy atom. The predicted molar refractivity (Wildman–Crippen MR) is 116 cm³/mol. The number of anilines is 3. The van der Waals surface area contributed by atoms with Crippen LogP contribution in [0, 0.1) is 29.9 Å². The molecular weight excluding hydrogens is 420 g/mol. The van der Waals surface area contributed by atoms with Crippen LogP contribution in [-0.2, 0) is 6.54 Å². The second kappa shape index (κ2) is 8.60. The summed E-state index contributed by atoms with van der Waals surface area (Å²) in [6.07, 6.45) is 2.86. The van der Waals surface area contributed by atoms with Crippen LogP contribution in [-0.4, -0.2) is 14.1 Å². The molecule has 0 atom stereocenters. The van der Waals surface area contributed by atoms with Crippen molar-refractivity contribution in [2.45, 2.75) is 33.2 Å². The minimum absolute atomic E-state index is 0.144. The number of nitrogens with zero attached hydrogens (tertiary/aromatic N) is 5. The van der Waals surface area contributed by atoms with Crippen molar-refractivity contribution in [2.75, 3.05) is 10.7 Å². The predicted octanol–water partition coefficient (Wildman–Crippen LogP) is 2.22. The molecule has 0 aliphatic rings. The monoisotopic (exact) mass is 441 g/mol. The van der Waals surface area contributed by atoms with Crippen molar-refractivity contribution in [1.29, 1.82) is 5.26 Å².